The second kappa shape index (κ2) is 7.27. The second-order valence-electron chi connectivity index (χ2n) is 4.90. The zero-order chi connectivity index (χ0) is 14.5. The molecule has 2 aromatic heterocycles. The number of hydrogen-bond acceptors (Lipinski definition) is 4. The highest BCUT2D eigenvalue weighted by atomic mass is 32.2. The molecule has 0 saturated heterocycles. The molecule has 110 valence electrons. The Hall–Kier alpha value is -0.810. The van der Waals surface area contributed by atoms with E-state index in [1.807, 2.05) is 16.9 Å². The average molecular weight is 310 g/mol. The van der Waals surface area contributed by atoms with Crippen molar-refractivity contribution in [3.8, 4) is 0 Å². The quantitative estimate of drug-likeness (QED) is 0.434. The van der Waals surface area contributed by atoms with E-state index < -0.39 is 0 Å². The van der Waals surface area contributed by atoms with Gasteiger partial charge in [-0.1, -0.05) is 44.9 Å². The van der Waals surface area contributed by atoms with Crippen molar-refractivity contribution < 1.29 is 0 Å². The summed E-state index contributed by atoms with van der Waals surface area (Å²) in [6.45, 7) is 5.10. The first-order valence-corrected chi connectivity index (χ1v) is 9.32. The van der Waals surface area contributed by atoms with Gasteiger partial charge in [0.05, 0.1) is 5.39 Å². The van der Waals surface area contributed by atoms with Crippen LogP contribution in [0.5, 0.6) is 0 Å². The first kappa shape index (κ1) is 15.6. The van der Waals surface area contributed by atoms with E-state index in [0.717, 1.165) is 34.8 Å². The number of fused-ring (bicyclic) bond motifs is 1. The van der Waals surface area contributed by atoms with Gasteiger partial charge in [-0.15, -0.1) is 11.3 Å². The molecule has 0 spiro atoms. The molecule has 5 heteroatoms. The van der Waals surface area contributed by atoms with Crippen molar-refractivity contribution in [2.24, 2.45) is 0 Å². The van der Waals surface area contributed by atoms with Crippen molar-refractivity contribution in [1.82, 2.24) is 9.55 Å². The van der Waals surface area contributed by atoms with Crippen LogP contribution in [0.4, 0.5) is 0 Å². The number of aromatic nitrogens is 2. The van der Waals surface area contributed by atoms with Crippen LogP contribution in [0.25, 0.3) is 10.2 Å². The van der Waals surface area contributed by atoms with Gasteiger partial charge in [-0.2, -0.15) is 0 Å². The molecule has 2 heterocycles. The highest BCUT2D eigenvalue weighted by Gasteiger charge is 2.12. The lowest BCUT2D eigenvalue weighted by molar-refractivity contribution is 0.532. The van der Waals surface area contributed by atoms with E-state index in [1.165, 1.54) is 24.1 Å². The molecule has 0 fully saturated rings. The van der Waals surface area contributed by atoms with Crippen molar-refractivity contribution in [2.45, 2.75) is 57.7 Å². The Morgan fingerprint density at radius 3 is 2.75 bits per heavy atom. The van der Waals surface area contributed by atoms with Gasteiger partial charge in [-0.05, 0) is 25.2 Å². The third-order valence-electron chi connectivity index (χ3n) is 3.43. The number of thiophene rings is 1. The van der Waals surface area contributed by atoms with Gasteiger partial charge in [0, 0.05) is 11.4 Å². The zero-order valence-corrected chi connectivity index (χ0v) is 14.1. The fourth-order valence-electron chi connectivity index (χ4n) is 2.27. The van der Waals surface area contributed by atoms with Crippen molar-refractivity contribution in [3.63, 3.8) is 0 Å². The molecule has 2 aromatic rings. The fourth-order valence-corrected chi connectivity index (χ4v) is 3.86. The standard InChI is InChI=1S/C15H22N2OS2/c1-4-6-7-8-9-17-14(18)12-10-11(5-2)20-13(12)16-15(17)19-3/h10H,4-9H2,1-3H3. The molecule has 2 rings (SSSR count). The molecule has 0 N–H and O–H groups in total. The highest BCUT2D eigenvalue weighted by molar-refractivity contribution is 7.98. The molecule has 0 saturated carbocycles. The van der Waals surface area contributed by atoms with Crippen molar-refractivity contribution in [2.75, 3.05) is 6.26 Å². The first-order chi connectivity index (χ1) is 9.71. The molecule has 0 atom stereocenters. The number of nitrogens with zero attached hydrogens (tertiary/aromatic N) is 2. The lowest BCUT2D eigenvalue weighted by Gasteiger charge is -2.10. The van der Waals surface area contributed by atoms with E-state index in [4.69, 9.17) is 0 Å². The van der Waals surface area contributed by atoms with Crippen LogP contribution in [0.3, 0.4) is 0 Å². The van der Waals surface area contributed by atoms with E-state index in [1.54, 1.807) is 23.1 Å². The Labute approximate surface area is 128 Å². The maximum atomic E-state index is 12.6. The number of hydrogen-bond donors (Lipinski definition) is 0. The van der Waals surface area contributed by atoms with Crippen LogP contribution in [0.2, 0.25) is 0 Å². The maximum absolute atomic E-state index is 12.6. The minimum Gasteiger partial charge on any atom is -0.287 e. The molecular weight excluding hydrogens is 288 g/mol. The molecule has 0 aliphatic carbocycles. The van der Waals surface area contributed by atoms with Gasteiger partial charge < -0.3 is 0 Å². The molecule has 0 radical (unpaired) electrons. The van der Waals surface area contributed by atoms with Gasteiger partial charge in [-0.25, -0.2) is 4.98 Å². The molecule has 0 aliphatic heterocycles. The van der Waals surface area contributed by atoms with Gasteiger partial charge in [0.1, 0.15) is 4.83 Å². The van der Waals surface area contributed by atoms with Crippen LogP contribution in [-0.2, 0) is 13.0 Å². The summed E-state index contributed by atoms with van der Waals surface area (Å²) in [6.07, 6.45) is 7.64. The van der Waals surface area contributed by atoms with Crippen molar-refractivity contribution >= 4 is 33.3 Å². The Balaban J connectivity index is 2.36. The van der Waals surface area contributed by atoms with Gasteiger partial charge in [0.2, 0.25) is 0 Å². The Morgan fingerprint density at radius 1 is 1.30 bits per heavy atom. The molecule has 3 nitrogen and oxygen atoms in total. The summed E-state index contributed by atoms with van der Waals surface area (Å²) in [5.41, 5.74) is 0.131. The summed E-state index contributed by atoms with van der Waals surface area (Å²) in [5.74, 6) is 0. The maximum Gasteiger partial charge on any atom is 0.262 e. The van der Waals surface area contributed by atoms with E-state index in [2.05, 4.69) is 18.8 Å². The van der Waals surface area contributed by atoms with Crippen LogP contribution < -0.4 is 5.56 Å². The third-order valence-corrected chi connectivity index (χ3v) is 5.28. The van der Waals surface area contributed by atoms with Gasteiger partial charge in [0.25, 0.3) is 5.56 Å². The summed E-state index contributed by atoms with van der Waals surface area (Å²) in [6, 6.07) is 2.02. The van der Waals surface area contributed by atoms with E-state index in [-0.39, 0.29) is 5.56 Å². The third kappa shape index (κ3) is 3.26. The molecule has 0 aliphatic rings. The van der Waals surface area contributed by atoms with Gasteiger partial charge in [-0.3, -0.25) is 9.36 Å². The molecule has 20 heavy (non-hydrogen) atoms. The minimum absolute atomic E-state index is 0.131. The van der Waals surface area contributed by atoms with E-state index in [9.17, 15) is 4.79 Å². The van der Waals surface area contributed by atoms with E-state index >= 15 is 0 Å². The zero-order valence-electron chi connectivity index (χ0n) is 12.4. The summed E-state index contributed by atoms with van der Waals surface area (Å²) in [4.78, 5) is 19.4. The minimum atomic E-state index is 0.131. The van der Waals surface area contributed by atoms with Gasteiger partial charge >= 0.3 is 0 Å². The highest BCUT2D eigenvalue weighted by Crippen LogP contribution is 2.24. The summed E-state index contributed by atoms with van der Waals surface area (Å²) in [5, 5.41) is 1.64. The first-order valence-electron chi connectivity index (χ1n) is 7.28. The monoisotopic (exact) mass is 310 g/mol. The van der Waals surface area contributed by atoms with Crippen LogP contribution in [0.1, 0.15) is 44.4 Å². The number of rotatable bonds is 7. The molecule has 0 amide bonds. The molecular formula is C15H22N2OS2. The van der Waals surface area contributed by atoms with Crippen LogP contribution in [0, 0.1) is 0 Å². The number of thioether (sulfide) groups is 1. The Kier molecular flexibility index (Phi) is 5.66. The molecule has 0 bridgehead atoms. The second-order valence-corrected chi connectivity index (χ2v) is 6.79. The average Bonchev–Trinajstić information content (AvgIpc) is 2.88. The van der Waals surface area contributed by atoms with Crippen LogP contribution in [-0.4, -0.2) is 15.8 Å². The van der Waals surface area contributed by atoms with Gasteiger partial charge in [0.15, 0.2) is 5.16 Å². The lowest BCUT2D eigenvalue weighted by atomic mass is 10.2. The summed E-state index contributed by atoms with van der Waals surface area (Å²) in [7, 11) is 0. The largest absolute Gasteiger partial charge is 0.287 e. The van der Waals surface area contributed by atoms with E-state index in [0.29, 0.717) is 0 Å². The fraction of sp³-hybridized carbons (Fsp3) is 0.600. The predicted molar refractivity (Wildman–Crippen MR) is 89.2 cm³/mol. The lowest BCUT2D eigenvalue weighted by Crippen LogP contribution is -2.22. The summed E-state index contributed by atoms with van der Waals surface area (Å²) >= 11 is 3.21. The molecule has 0 aromatic carbocycles. The smallest absolute Gasteiger partial charge is 0.262 e. The van der Waals surface area contributed by atoms with Crippen molar-refractivity contribution in [3.05, 3.63) is 21.3 Å². The normalized spacial score (nSPS) is 11.3. The molecule has 0 unspecified atom stereocenters. The van der Waals surface area contributed by atoms with Crippen LogP contribution in [0.15, 0.2) is 16.0 Å². The summed E-state index contributed by atoms with van der Waals surface area (Å²) < 4.78 is 1.86. The number of aryl methyl sites for hydroxylation is 1. The topological polar surface area (TPSA) is 34.9 Å². The predicted octanol–water partition coefficient (Wildman–Crippen LogP) is 4.32. The Bertz CT molecular complexity index is 631. The SMILES string of the molecule is CCCCCCn1c(SC)nc2sc(CC)cc2c1=O. The Morgan fingerprint density at radius 2 is 2.10 bits per heavy atom. The van der Waals surface area contributed by atoms with Crippen molar-refractivity contribution in [1.29, 1.82) is 0 Å². The van der Waals surface area contributed by atoms with Crippen LogP contribution >= 0.6 is 23.1 Å². The number of unbranched alkanes of at least 4 members (excludes halogenated alkanes) is 3.